The molecule has 26 heavy (non-hydrogen) atoms. The molecule has 3 rings (SSSR count). The molecule has 136 valence electrons. The summed E-state index contributed by atoms with van der Waals surface area (Å²) >= 11 is 0. The van der Waals surface area contributed by atoms with Gasteiger partial charge in [0.2, 0.25) is 5.91 Å². The van der Waals surface area contributed by atoms with Crippen LogP contribution in [0.1, 0.15) is 23.7 Å². The van der Waals surface area contributed by atoms with Crippen LogP contribution in [0.25, 0.3) is 0 Å². The Morgan fingerprint density at radius 1 is 1.08 bits per heavy atom. The van der Waals surface area contributed by atoms with Gasteiger partial charge in [0.05, 0.1) is 0 Å². The van der Waals surface area contributed by atoms with E-state index in [9.17, 15) is 9.59 Å². The van der Waals surface area contributed by atoms with Gasteiger partial charge in [-0.25, -0.2) is 0 Å². The molecular weight excluding hydrogens is 326 g/mol. The number of likely N-dealkylation sites (N-methyl/N-ethyl adjacent to an activating group) is 1. The van der Waals surface area contributed by atoms with E-state index < -0.39 is 6.04 Å². The molecule has 5 heteroatoms. The molecule has 2 amide bonds. The molecule has 1 heterocycles. The van der Waals surface area contributed by atoms with Gasteiger partial charge in [-0.05, 0) is 49.7 Å². The maximum atomic E-state index is 12.8. The molecule has 0 N–H and O–H groups in total. The van der Waals surface area contributed by atoms with Gasteiger partial charge < -0.3 is 14.7 Å². The Hall–Kier alpha value is -2.82. The van der Waals surface area contributed by atoms with Crippen LogP contribution in [-0.4, -0.2) is 49.9 Å². The van der Waals surface area contributed by atoms with E-state index in [1.54, 1.807) is 16.8 Å². The number of para-hydroxylation sites is 1. The van der Waals surface area contributed by atoms with E-state index in [-0.39, 0.29) is 11.8 Å². The van der Waals surface area contributed by atoms with Crippen molar-refractivity contribution in [2.45, 2.75) is 19.4 Å². The van der Waals surface area contributed by atoms with Crippen LogP contribution in [-0.2, 0) is 4.79 Å². The van der Waals surface area contributed by atoms with Crippen LogP contribution in [0.3, 0.4) is 0 Å². The van der Waals surface area contributed by atoms with E-state index in [0.29, 0.717) is 18.5 Å². The summed E-state index contributed by atoms with van der Waals surface area (Å²) in [5, 5.41) is 0. The molecule has 0 unspecified atom stereocenters. The van der Waals surface area contributed by atoms with Crippen LogP contribution in [0, 0.1) is 0 Å². The number of hydrogen-bond acceptors (Lipinski definition) is 3. The number of hydrogen-bond donors (Lipinski definition) is 0. The van der Waals surface area contributed by atoms with E-state index in [2.05, 4.69) is 11.8 Å². The Bertz CT molecular complexity index is 774. The normalized spacial score (nSPS) is 16.7. The lowest BCUT2D eigenvalue weighted by Gasteiger charge is -2.24. The van der Waals surface area contributed by atoms with Gasteiger partial charge in [-0.2, -0.15) is 0 Å². The predicted octanol–water partition coefficient (Wildman–Crippen LogP) is 3.02. The Kier molecular flexibility index (Phi) is 5.26. The van der Waals surface area contributed by atoms with E-state index >= 15 is 0 Å². The fourth-order valence-corrected chi connectivity index (χ4v) is 3.27. The topological polar surface area (TPSA) is 43.9 Å². The third-order valence-electron chi connectivity index (χ3n) is 5.06. The molecule has 2 aromatic carbocycles. The highest BCUT2D eigenvalue weighted by atomic mass is 16.2. The number of carbonyl (C=O) groups is 2. The summed E-state index contributed by atoms with van der Waals surface area (Å²) in [5.41, 5.74) is 2.55. The van der Waals surface area contributed by atoms with Crippen molar-refractivity contribution in [3.63, 3.8) is 0 Å². The predicted molar refractivity (Wildman–Crippen MR) is 105 cm³/mol. The maximum Gasteiger partial charge on any atom is 0.254 e. The summed E-state index contributed by atoms with van der Waals surface area (Å²) < 4.78 is 0. The molecule has 1 fully saturated rings. The van der Waals surface area contributed by atoms with Crippen LogP contribution in [0.4, 0.5) is 11.4 Å². The first-order valence-corrected chi connectivity index (χ1v) is 8.97. The first-order chi connectivity index (χ1) is 12.5. The highest BCUT2D eigenvalue weighted by molar-refractivity contribution is 6.03. The van der Waals surface area contributed by atoms with Crippen molar-refractivity contribution in [1.29, 1.82) is 0 Å². The zero-order chi connectivity index (χ0) is 18.7. The minimum atomic E-state index is -0.416. The third-order valence-corrected chi connectivity index (χ3v) is 5.06. The smallest absolute Gasteiger partial charge is 0.254 e. The number of nitrogens with zero attached hydrogens (tertiary/aromatic N) is 3. The van der Waals surface area contributed by atoms with Gasteiger partial charge in [0.1, 0.15) is 6.04 Å². The monoisotopic (exact) mass is 351 g/mol. The van der Waals surface area contributed by atoms with Crippen LogP contribution in [0.2, 0.25) is 0 Å². The number of benzene rings is 2. The summed E-state index contributed by atoms with van der Waals surface area (Å²) in [6.45, 7) is 3.61. The van der Waals surface area contributed by atoms with Gasteiger partial charge in [0, 0.05) is 44.1 Å². The zero-order valence-electron chi connectivity index (χ0n) is 15.6. The Morgan fingerprint density at radius 2 is 1.73 bits per heavy atom. The van der Waals surface area contributed by atoms with Crippen molar-refractivity contribution >= 4 is 23.2 Å². The molecule has 0 saturated carbocycles. The molecule has 1 saturated heterocycles. The molecule has 0 radical (unpaired) electrons. The SMILES string of the molecule is CCN(C)c1ccc(C(=O)N(C)[C@@H]2CCN(c3ccccc3)C2=O)cc1. The Labute approximate surface area is 154 Å². The summed E-state index contributed by atoms with van der Waals surface area (Å²) in [4.78, 5) is 31.0. The minimum Gasteiger partial charge on any atom is -0.375 e. The minimum absolute atomic E-state index is 0.0191. The van der Waals surface area contributed by atoms with Crippen molar-refractivity contribution in [2.24, 2.45) is 0 Å². The number of anilines is 2. The number of carbonyl (C=O) groups excluding carboxylic acids is 2. The van der Waals surface area contributed by atoms with Crippen molar-refractivity contribution < 1.29 is 9.59 Å². The lowest BCUT2D eigenvalue weighted by molar-refractivity contribution is -0.120. The van der Waals surface area contributed by atoms with Crippen molar-refractivity contribution in [1.82, 2.24) is 4.90 Å². The van der Waals surface area contributed by atoms with Gasteiger partial charge in [-0.1, -0.05) is 18.2 Å². The number of rotatable bonds is 5. The van der Waals surface area contributed by atoms with E-state index in [0.717, 1.165) is 17.9 Å². The summed E-state index contributed by atoms with van der Waals surface area (Å²) in [6, 6.07) is 16.7. The highest BCUT2D eigenvalue weighted by Crippen LogP contribution is 2.25. The van der Waals surface area contributed by atoms with E-state index in [1.807, 2.05) is 61.6 Å². The van der Waals surface area contributed by atoms with Crippen molar-refractivity contribution in [3.8, 4) is 0 Å². The second-order valence-corrected chi connectivity index (χ2v) is 6.61. The van der Waals surface area contributed by atoms with Gasteiger partial charge in [0.25, 0.3) is 5.91 Å². The van der Waals surface area contributed by atoms with Crippen molar-refractivity contribution in [2.75, 3.05) is 37.0 Å². The van der Waals surface area contributed by atoms with E-state index in [1.165, 1.54) is 0 Å². The molecule has 0 spiro atoms. The number of amides is 2. The molecule has 1 aliphatic heterocycles. The van der Waals surface area contributed by atoms with Crippen LogP contribution >= 0.6 is 0 Å². The summed E-state index contributed by atoms with van der Waals surface area (Å²) in [6.07, 6.45) is 0.645. The average molecular weight is 351 g/mol. The molecule has 0 bridgehead atoms. The quantitative estimate of drug-likeness (QED) is 0.832. The standard InChI is InChI=1S/C21H25N3O2/c1-4-22(2)17-12-10-16(11-13-17)20(25)23(3)19-14-15-24(21(19)26)18-8-6-5-7-9-18/h5-13,19H,4,14-15H2,1-3H3/t19-/m1/s1. The first-order valence-electron chi connectivity index (χ1n) is 8.97. The second-order valence-electron chi connectivity index (χ2n) is 6.61. The third kappa shape index (κ3) is 3.43. The molecule has 2 aromatic rings. The lowest BCUT2D eigenvalue weighted by atomic mass is 10.1. The molecule has 5 nitrogen and oxygen atoms in total. The molecule has 0 aromatic heterocycles. The average Bonchev–Trinajstić information content (AvgIpc) is 3.08. The Balaban J connectivity index is 1.72. The molecule has 1 atom stereocenters. The second kappa shape index (κ2) is 7.60. The Morgan fingerprint density at radius 3 is 2.35 bits per heavy atom. The fraction of sp³-hybridized carbons (Fsp3) is 0.333. The van der Waals surface area contributed by atoms with Gasteiger partial charge in [0.15, 0.2) is 0 Å². The van der Waals surface area contributed by atoms with Gasteiger partial charge in [-0.15, -0.1) is 0 Å². The van der Waals surface area contributed by atoms with Crippen molar-refractivity contribution in [3.05, 3.63) is 60.2 Å². The van der Waals surface area contributed by atoms with Crippen LogP contribution in [0.15, 0.2) is 54.6 Å². The maximum absolute atomic E-state index is 12.8. The van der Waals surface area contributed by atoms with E-state index in [4.69, 9.17) is 0 Å². The summed E-state index contributed by atoms with van der Waals surface area (Å²) in [7, 11) is 3.73. The fourth-order valence-electron chi connectivity index (χ4n) is 3.27. The van der Waals surface area contributed by atoms with Crippen LogP contribution in [0.5, 0.6) is 0 Å². The van der Waals surface area contributed by atoms with Gasteiger partial charge in [-0.3, -0.25) is 9.59 Å². The van der Waals surface area contributed by atoms with Gasteiger partial charge >= 0.3 is 0 Å². The first kappa shape index (κ1) is 18.0. The lowest BCUT2D eigenvalue weighted by Crippen LogP contribution is -2.43. The van der Waals surface area contributed by atoms with Crippen LogP contribution < -0.4 is 9.80 Å². The molecule has 1 aliphatic rings. The largest absolute Gasteiger partial charge is 0.375 e. The molecule has 0 aliphatic carbocycles. The molecular formula is C21H25N3O2. The summed E-state index contributed by atoms with van der Waals surface area (Å²) in [5.74, 6) is -0.140. The zero-order valence-corrected chi connectivity index (χ0v) is 15.6. The highest BCUT2D eigenvalue weighted by Gasteiger charge is 2.37.